The second-order valence-electron chi connectivity index (χ2n) is 6.87. The van der Waals surface area contributed by atoms with E-state index in [-0.39, 0.29) is 10.6 Å². The van der Waals surface area contributed by atoms with Crippen molar-refractivity contribution < 1.29 is 22.7 Å². The summed E-state index contributed by atoms with van der Waals surface area (Å²) >= 11 is 5.89. The van der Waals surface area contributed by atoms with Crippen LogP contribution in [0, 0.1) is 13.8 Å². The molecule has 162 valence electrons. The van der Waals surface area contributed by atoms with E-state index in [4.69, 9.17) is 21.1 Å². The van der Waals surface area contributed by atoms with Gasteiger partial charge in [0.15, 0.2) is 6.61 Å². The zero-order valence-corrected chi connectivity index (χ0v) is 18.9. The Balaban J connectivity index is 1.97. The molecule has 8 heteroatoms. The first-order valence-electron chi connectivity index (χ1n) is 9.40. The number of carbonyl (C=O) groups is 1. The lowest BCUT2D eigenvalue weighted by Crippen LogP contribution is -2.40. The molecule has 0 bridgehead atoms. The van der Waals surface area contributed by atoms with E-state index in [0.717, 1.165) is 15.4 Å². The van der Waals surface area contributed by atoms with Gasteiger partial charge < -0.3 is 9.47 Å². The Hall–Kier alpha value is -3.03. The van der Waals surface area contributed by atoms with Crippen molar-refractivity contribution in [1.29, 1.82) is 0 Å². The average Bonchev–Trinajstić information content (AvgIpc) is 2.75. The minimum absolute atomic E-state index is 0.0622. The second kappa shape index (κ2) is 9.41. The minimum atomic E-state index is -4.21. The van der Waals surface area contributed by atoms with Crippen LogP contribution in [0.2, 0.25) is 5.02 Å². The normalized spacial score (nSPS) is 11.1. The van der Waals surface area contributed by atoms with Crippen molar-refractivity contribution in [3.63, 3.8) is 0 Å². The molecule has 3 aromatic carbocycles. The fourth-order valence-corrected chi connectivity index (χ4v) is 4.44. The van der Waals surface area contributed by atoms with Gasteiger partial charge in [-0.15, -0.1) is 0 Å². The Kier molecular flexibility index (Phi) is 6.87. The number of benzene rings is 3. The molecular formula is C23H22ClNO5S. The number of nitrogens with zero attached hydrogens (tertiary/aromatic N) is 1. The van der Waals surface area contributed by atoms with Crippen molar-refractivity contribution in [2.45, 2.75) is 18.7 Å². The molecule has 3 rings (SSSR count). The number of hydrogen-bond donors (Lipinski definition) is 0. The van der Waals surface area contributed by atoms with Gasteiger partial charge in [0.2, 0.25) is 0 Å². The SMILES string of the molecule is COc1ccc(N(C(=O)COc2cc(C)ccc2C)S(=O)(=O)c2ccc(Cl)cc2)cc1. The highest BCUT2D eigenvalue weighted by Crippen LogP contribution is 2.27. The van der Waals surface area contributed by atoms with Crippen molar-refractivity contribution in [3.05, 3.63) is 82.9 Å². The van der Waals surface area contributed by atoms with Gasteiger partial charge in [-0.3, -0.25) is 4.79 Å². The van der Waals surface area contributed by atoms with Gasteiger partial charge in [0.05, 0.1) is 17.7 Å². The molecular weight excluding hydrogens is 438 g/mol. The van der Waals surface area contributed by atoms with Crippen LogP contribution >= 0.6 is 11.6 Å². The highest BCUT2D eigenvalue weighted by atomic mass is 35.5. The van der Waals surface area contributed by atoms with Gasteiger partial charge in [-0.1, -0.05) is 23.7 Å². The number of halogens is 1. The lowest BCUT2D eigenvalue weighted by atomic mass is 10.1. The number of carbonyl (C=O) groups excluding carboxylic acids is 1. The smallest absolute Gasteiger partial charge is 0.278 e. The standard InChI is InChI=1S/C23H22ClNO5S/c1-16-4-5-17(2)22(14-16)30-15-23(26)25(19-8-10-20(29-3)11-9-19)31(27,28)21-12-6-18(24)7-13-21/h4-14H,15H2,1-3H3. The Bertz CT molecular complexity index is 1180. The average molecular weight is 460 g/mol. The summed E-state index contributed by atoms with van der Waals surface area (Å²) in [7, 11) is -2.71. The summed E-state index contributed by atoms with van der Waals surface area (Å²) in [4.78, 5) is 13.1. The summed E-state index contributed by atoms with van der Waals surface area (Å²) in [6, 6.07) is 17.4. The quantitative estimate of drug-likeness (QED) is 0.509. The zero-order valence-electron chi connectivity index (χ0n) is 17.3. The number of amides is 1. The lowest BCUT2D eigenvalue weighted by Gasteiger charge is -2.23. The summed E-state index contributed by atoms with van der Waals surface area (Å²) in [5.41, 5.74) is 1.98. The third kappa shape index (κ3) is 5.18. The zero-order chi connectivity index (χ0) is 22.6. The molecule has 0 saturated heterocycles. The van der Waals surface area contributed by atoms with E-state index in [1.165, 1.54) is 43.5 Å². The number of sulfonamides is 1. The van der Waals surface area contributed by atoms with Gasteiger partial charge >= 0.3 is 0 Å². The highest BCUT2D eigenvalue weighted by molar-refractivity contribution is 7.93. The maximum Gasteiger partial charge on any atom is 0.278 e. The number of ether oxygens (including phenoxy) is 2. The number of hydrogen-bond acceptors (Lipinski definition) is 5. The van der Waals surface area contributed by atoms with E-state index in [2.05, 4.69) is 0 Å². The first kappa shape index (κ1) is 22.7. The number of anilines is 1. The maximum absolute atomic E-state index is 13.3. The lowest BCUT2D eigenvalue weighted by molar-refractivity contribution is -0.119. The van der Waals surface area contributed by atoms with E-state index in [1.54, 1.807) is 18.2 Å². The Morgan fingerprint density at radius 3 is 2.23 bits per heavy atom. The van der Waals surface area contributed by atoms with Crippen molar-refractivity contribution in [1.82, 2.24) is 0 Å². The molecule has 6 nitrogen and oxygen atoms in total. The van der Waals surface area contributed by atoms with Crippen molar-refractivity contribution in [2.24, 2.45) is 0 Å². The van der Waals surface area contributed by atoms with E-state index in [9.17, 15) is 13.2 Å². The third-order valence-electron chi connectivity index (χ3n) is 4.58. The molecule has 0 atom stereocenters. The van der Waals surface area contributed by atoms with Gasteiger partial charge in [-0.05, 0) is 79.6 Å². The number of rotatable bonds is 7. The fourth-order valence-electron chi connectivity index (χ4n) is 2.91. The predicted molar refractivity (Wildman–Crippen MR) is 121 cm³/mol. The molecule has 0 N–H and O–H groups in total. The molecule has 31 heavy (non-hydrogen) atoms. The molecule has 0 fully saturated rings. The monoisotopic (exact) mass is 459 g/mol. The molecule has 0 aliphatic carbocycles. The molecule has 0 spiro atoms. The summed E-state index contributed by atoms with van der Waals surface area (Å²) in [6.07, 6.45) is 0. The molecule has 0 aliphatic heterocycles. The maximum atomic E-state index is 13.3. The van der Waals surface area contributed by atoms with Crippen LogP contribution in [-0.2, 0) is 14.8 Å². The summed E-state index contributed by atoms with van der Waals surface area (Å²) < 4.78 is 38.2. The summed E-state index contributed by atoms with van der Waals surface area (Å²) in [6.45, 7) is 3.30. The molecule has 0 aromatic heterocycles. The van der Waals surface area contributed by atoms with Gasteiger partial charge in [0, 0.05) is 5.02 Å². The molecule has 0 aliphatic rings. The van der Waals surface area contributed by atoms with Crippen molar-refractivity contribution in [2.75, 3.05) is 18.0 Å². The third-order valence-corrected chi connectivity index (χ3v) is 6.60. The molecule has 0 unspecified atom stereocenters. The van der Waals surface area contributed by atoms with E-state index >= 15 is 0 Å². The van der Waals surface area contributed by atoms with Crippen LogP contribution < -0.4 is 13.8 Å². The Morgan fingerprint density at radius 1 is 0.968 bits per heavy atom. The van der Waals surface area contributed by atoms with Gasteiger partial charge in [-0.2, -0.15) is 4.31 Å². The van der Waals surface area contributed by atoms with Crippen LogP contribution in [0.1, 0.15) is 11.1 Å². The number of methoxy groups -OCH3 is 1. The summed E-state index contributed by atoms with van der Waals surface area (Å²) in [5, 5.41) is 0.388. The molecule has 0 saturated carbocycles. The topological polar surface area (TPSA) is 72.9 Å². The van der Waals surface area contributed by atoms with Crippen LogP contribution in [0.5, 0.6) is 11.5 Å². The minimum Gasteiger partial charge on any atom is -0.497 e. The molecule has 0 radical (unpaired) electrons. The second-order valence-corrected chi connectivity index (χ2v) is 9.10. The molecule has 1 amide bonds. The van der Waals surface area contributed by atoms with Crippen LogP contribution in [0.25, 0.3) is 0 Å². The van der Waals surface area contributed by atoms with Gasteiger partial charge in [0.25, 0.3) is 15.9 Å². The highest BCUT2D eigenvalue weighted by Gasteiger charge is 2.31. The van der Waals surface area contributed by atoms with E-state index in [1.807, 2.05) is 26.0 Å². The fraction of sp³-hybridized carbons (Fsp3) is 0.174. The van der Waals surface area contributed by atoms with Crippen LogP contribution in [-0.4, -0.2) is 28.0 Å². The molecule has 3 aromatic rings. The van der Waals surface area contributed by atoms with Crippen LogP contribution in [0.4, 0.5) is 5.69 Å². The van der Waals surface area contributed by atoms with Crippen molar-refractivity contribution in [3.8, 4) is 11.5 Å². The van der Waals surface area contributed by atoms with Crippen molar-refractivity contribution >= 4 is 33.2 Å². The van der Waals surface area contributed by atoms with Gasteiger partial charge in [-0.25, -0.2) is 8.42 Å². The van der Waals surface area contributed by atoms with Crippen LogP contribution in [0.15, 0.2) is 71.6 Å². The van der Waals surface area contributed by atoms with Gasteiger partial charge in [0.1, 0.15) is 11.5 Å². The first-order valence-corrected chi connectivity index (χ1v) is 11.2. The first-order chi connectivity index (χ1) is 14.7. The molecule has 0 heterocycles. The number of aryl methyl sites for hydroxylation is 2. The summed E-state index contributed by atoms with van der Waals surface area (Å²) in [5.74, 6) is 0.319. The van der Waals surface area contributed by atoms with E-state index in [0.29, 0.717) is 16.5 Å². The Morgan fingerprint density at radius 2 is 1.61 bits per heavy atom. The van der Waals surface area contributed by atoms with E-state index < -0.39 is 22.5 Å². The van der Waals surface area contributed by atoms with Crippen LogP contribution in [0.3, 0.4) is 0 Å². The Labute approximate surface area is 187 Å². The predicted octanol–water partition coefficient (Wildman–Crippen LogP) is 4.77. The largest absolute Gasteiger partial charge is 0.497 e.